The van der Waals surface area contributed by atoms with Crippen molar-refractivity contribution in [3.05, 3.63) is 71.2 Å². The van der Waals surface area contributed by atoms with Gasteiger partial charge in [-0.15, -0.1) is 10.2 Å². The van der Waals surface area contributed by atoms with E-state index in [0.717, 1.165) is 5.75 Å². The summed E-state index contributed by atoms with van der Waals surface area (Å²) in [7, 11) is 0. The molecule has 0 fully saturated rings. The van der Waals surface area contributed by atoms with Crippen LogP contribution >= 0.6 is 11.6 Å². The number of anilines is 1. The predicted octanol–water partition coefficient (Wildman–Crippen LogP) is 4.05. The maximum Gasteiger partial charge on any atom is 0.253 e. The Bertz CT molecular complexity index is 780. The number of nitrogens with zero attached hydrogens (tertiary/aromatic N) is 2. The van der Waals surface area contributed by atoms with Crippen molar-refractivity contribution in [2.75, 3.05) is 5.32 Å². The van der Waals surface area contributed by atoms with Crippen molar-refractivity contribution < 1.29 is 13.5 Å². The largest absolute Gasteiger partial charge is 0.484 e. The Morgan fingerprint density at radius 2 is 1.87 bits per heavy atom. The van der Waals surface area contributed by atoms with Gasteiger partial charge in [0.15, 0.2) is 6.61 Å². The molecular weight excluding hydrogens is 321 g/mol. The molecular formula is C16H13ClFN3O2. The monoisotopic (exact) mass is 333 g/mol. The molecule has 118 valence electrons. The molecule has 1 aromatic heterocycles. The lowest BCUT2D eigenvalue weighted by molar-refractivity contribution is 0.259. The number of nitrogens with one attached hydrogen (secondary N) is 1. The summed E-state index contributed by atoms with van der Waals surface area (Å²) in [6.07, 6.45) is 0. The number of benzene rings is 2. The third-order valence-corrected chi connectivity index (χ3v) is 3.27. The van der Waals surface area contributed by atoms with Crippen LogP contribution in [-0.2, 0) is 13.2 Å². The third kappa shape index (κ3) is 4.20. The Hall–Kier alpha value is -2.60. The first-order valence-corrected chi connectivity index (χ1v) is 7.26. The van der Waals surface area contributed by atoms with Crippen LogP contribution < -0.4 is 10.1 Å². The van der Waals surface area contributed by atoms with Crippen LogP contribution in [0.15, 0.2) is 52.9 Å². The van der Waals surface area contributed by atoms with Gasteiger partial charge in [-0.2, -0.15) is 0 Å². The summed E-state index contributed by atoms with van der Waals surface area (Å²) in [5.41, 5.74) is 0.664. The van der Waals surface area contributed by atoms with Gasteiger partial charge >= 0.3 is 0 Å². The van der Waals surface area contributed by atoms with Gasteiger partial charge in [0.2, 0.25) is 5.89 Å². The summed E-state index contributed by atoms with van der Waals surface area (Å²) in [6, 6.07) is 13.7. The molecule has 1 N–H and O–H groups in total. The fourth-order valence-electron chi connectivity index (χ4n) is 1.86. The maximum absolute atomic E-state index is 13.1. The number of aromatic nitrogens is 2. The zero-order chi connectivity index (χ0) is 16.1. The Morgan fingerprint density at radius 3 is 2.65 bits per heavy atom. The fourth-order valence-corrected chi connectivity index (χ4v) is 2.04. The number of para-hydroxylation sites is 1. The molecule has 23 heavy (non-hydrogen) atoms. The fraction of sp³-hybridized carbons (Fsp3) is 0.125. The third-order valence-electron chi connectivity index (χ3n) is 2.98. The molecule has 5 nitrogen and oxygen atoms in total. The Labute approximate surface area is 137 Å². The quantitative estimate of drug-likeness (QED) is 0.737. The minimum absolute atomic E-state index is 0.0532. The van der Waals surface area contributed by atoms with Crippen molar-refractivity contribution in [2.24, 2.45) is 0 Å². The van der Waals surface area contributed by atoms with E-state index in [-0.39, 0.29) is 11.6 Å². The number of halogens is 2. The van der Waals surface area contributed by atoms with Gasteiger partial charge in [-0.05, 0) is 30.3 Å². The summed E-state index contributed by atoms with van der Waals surface area (Å²) in [5.74, 6) is 1.04. The molecule has 2 aromatic carbocycles. The van der Waals surface area contributed by atoms with Crippen LogP contribution in [-0.4, -0.2) is 10.2 Å². The molecule has 0 saturated carbocycles. The smallest absolute Gasteiger partial charge is 0.253 e. The predicted molar refractivity (Wildman–Crippen MR) is 83.8 cm³/mol. The van der Waals surface area contributed by atoms with Gasteiger partial charge in [-0.1, -0.05) is 29.8 Å². The standard InChI is InChI=1S/C16H13ClFN3O2/c17-13-8-11(6-7-14(13)18)19-9-15-20-21-16(23-15)10-22-12-4-2-1-3-5-12/h1-8,19H,9-10H2. The van der Waals surface area contributed by atoms with Crippen LogP contribution in [0.25, 0.3) is 0 Å². The molecule has 3 rings (SSSR count). The van der Waals surface area contributed by atoms with Gasteiger partial charge in [-0.25, -0.2) is 4.39 Å². The lowest BCUT2D eigenvalue weighted by Gasteiger charge is -2.04. The van der Waals surface area contributed by atoms with E-state index in [4.69, 9.17) is 20.8 Å². The van der Waals surface area contributed by atoms with Gasteiger partial charge in [0.05, 0.1) is 11.6 Å². The zero-order valence-corrected chi connectivity index (χ0v) is 12.8. The highest BCUT2D eigenvalue weighted by Crippen LogP contribution is 2.19. The van der Waals surface area contributed by atoms with Crippen molar-refractivity contribution in [2.45, 2.75) is 13.2 Å². The minimum Gasteiger partial charge on any atom is -0.484 e. The highest BCUT2D eigenvalue weighted by molar-refractivity contribution is 6.31. The van der Waals surface area contributed by atoms with Crippen LogP contribution in [0.1, 0.15) is 11.8 Å². The molecule has 0 radical (unpaired) electrons. The van der Waals surface area contributed by atoms with Gasteiger partial charge in [0, 0.05) is 5.69 Å². The topological polar surface area (TPSA) is 60.2 Å². The molecule has 1 heterocycles. The van der Waals surface area contributed by atoms with E-state index in [2.05, 4.69) is 15.5 Å². The van der Waals surface area contributed by atoms with Crippen molar-refractivity contribution >= 4 is 17.3 Å². The molecule has 0 bridgehead atoms. The first-order chi connectivity index (χ1) is 11.2. The van der Waals surface area contributed by atoms with E-state index in [1.165, 1.54) is 12.1 Å². The van der Waals surface area contributed by atoms with Crippen LogP contribution in [0, 0.1) is 5.82 Å². The average Bonchev–Trinajstić information content (AvgIpc) is 3.03. The molecule has 0 atom stereocenters. The maximum atomic E-state index is 13.1. The van der Waals surface area contributed by atoms with Crippen LogP contribution in [0.4, 0.5) is 10.1 Å². The van der Waals surface area contributed by atoms with Gasteiger partial charge < -0.3 is 14.5 Å². The summed E-state index contributed by atoms with van der Waals surface area (Å²) in [6.45, 7) is 0.500. The molecule has 3 aromatic rings. The minimum atomic E-state index is -0.463. The molecule has 0 aliphatic rings. The van der Waals surface area contributed by atoms with Gasteiger partial charge in [0.1, 0.15) is 11.6 Å². The van der Waals surface area contributed by atoms with Crippen molar-refractivity contribution in [3.63, 3.8) is 0 Å². The Kier molecular flexibility index (Phi) is 4.73. The van der Waals surface area contributed by atoms with Crippen LogP contribution in [0.5, 0.6) is 5.75 Å². The lowest BCUT2D eigenvalue weighted by Crippen LogP contribution is -1.99. The molecule has 0 unspecified atom stereocenters. The summed E-state index contributed by atoms with van der Waals surface area (Å²) >= 11 is 5.72. The van der Waals surface area contributed by atoms with E-state index < -0.39 is 5.82 Å². The average molecular weight is 334 g/mol. The lowest BCUT2D eigenvalue weighted by atomic mass is 10.3. The first-order valence-electron chi connectivity index (χ1n) is 6.89. The Balaban J connectivity index is 1.53. The molecule has 0 aliphatic heterocycles. The number of hydrogen-bond donors (Lipinski definition) is 1. The number of hydrogen-bond acceptors (Lipinski definition) is 5. The summed E-state index contributed by atoms with van der Waals surface area (Å²) in [4.78, 5) is 0. The second-order valence-corrected chi connectivity index (χ2v) is 5.08. The molecule has 0 saturated heterocycles. The second-order valence-electron chi connectivity index (χ2n) is 4.67. The van der Waals surface area contributed by atoms with Crippen molar-refractivity contribution in [3.8, 4) is 5.75 Å². The first kappa shape index (κ1) is 15.3. The summed E-state index contributed by atoms with van der Waals surface area (Å²) < 4.78 is 24.1. The van der Waals surface area contributed by atoms with Crippen LogP contribution in [0.3, 0.4) is 0 Å². The van der Waals surface area contributed by atoms with E-state index >= 15 is 0 Å². The van der Waals surface area contributed by atoms with E-state index in [0.29, 0.717) is 24.0 Å². The highest BCUT2D eigenvalue weighted by atomic mass is 35.5. The normalized spacial score (nSPS) is 10.5. The van der Waals surface area contributed by atoms with E-state index in [1.54, 1.807) is 6.07 Å². The second kappa shape index (κ2) is 7.11. The van der Waals surface area contributed by atoms with E-state index in [1.807, 2.05) is 30.3 Å². The van der Waals surface area contributed by atoms with Gasteiger partial charge in [-0.3, -0.25) is 0 Å². The molecule has 0 amide bonds. The molecule has 7 heteroatoms. The number of ether oxygens (including phenoxy) is 1. The zero-order valence-electron chi connectivity index (χ0n) is 12.0. The van der Waals surface area contributed by atoms with E-state index in [9.17, 15) is 4.39 Å². The Morgan fingerprint density at radius 1 is 1.09 bits per heavy atom. The van der Waals surface area contributed by atoms with Gasteiger partial charge in [0.25, 0.3) is 5.89 Å². The highest BCUT2D eigenvalue weighted by Gasteiger charge is 2.07. The summed E-state index contributed by atoms with van der Waals surface area (Å²) in [5, 5.41) is 10.9. The van der Waals surface area contributed by atoms with Crippen LogP contribution in [0.2, 0.25) is 5.02 Å². The number of rotatable bonds is 6. The molecule has 0 spiro atoms. The SMILES string of the molecule is Fc1ccc(NCc2nnc(COc3ccccc3)o2)cc1Cl. The molecule has 0 aliphatic carbocycles. The van der Waals surface area contributed by atoms with Crippen molar-refractivity contribution in [1.82, 2.24) is 10.2 Å². The van der Waals surface area contributed by atoms with Crippen molar-refractivity contribution in [1.29, 1.82) is 0 Å².